The fourth-order valence-corrected chi connectivity index (χ4v) is 5.17. The van der Waals surface area contributed by atoms with Crippen LogP contribution in [0.1, 0.15) is 42.1 Å². The molecule has 2 aliphatic rings. The van der Waals surface area contributed by atoms with Crippen LogP contribution in [0.3, 0.4) is 0 Å². The van der Waals surface area contributed by atoms with Gasteiger partial charge < -0.3 is 9.64 Å². The molecular formula is C22H21BrCl2N2O2. The maximum atomic E-state index is 12.1. The van der Waals surface area contributed by atoms with Crippen molar-refractivity contribution in [3.05, 3.63) is 66.9 Å². The molecule has 0 atom stereocenters. The second-order valence-corrected chi connectivity index (χ2v) is 9.01. The molecule has 0 saturated carbocycles. The molecule has 1 aliphatic carbocycles. The number of hydrogen-bond donors (Lipinski definition) is 0. The molecule has 0 bridgehead atoms. The molecule has 1 aromatic carbocycles. The number of aryl methyl sites for hydroxylation is 2. The molecular weight excluding hydrogens is 475 g/mol. The third-order valence-corrected chi connectivity index (χ3v) is 6.42. The highest BCUT2D eigenvalue weighted by Gasteiger charge is 2.28. The molecule has 1 saturated heterocycles. The van der Waals surface area contributed by atoms with Gasteiger partial charge in [-0.3, -0.25) is 4.98 Å². The summed E-state index contributed by atoms with van der Waals surface area (Å²) in [5, 5.41) is 1.30. The van der Waals surface area contributed by atoms with E-state index in [1.54, 1.807) is 11.0 Å². The van der Waals surface area contributed by atoms with E-state index in [1.165, 1.54) is 11.1 Å². The number of ether oxygens (including phenoxy) is 1. The topological polar surface area (TPSA) is 42.4 Å². The number of likely N-dealkylation sites (tertiary alicyclic amines) is 1. The first-order valence-electron chi connectivity index (χ1n) is 9.74. The van der Waals surface area contributed by atoms with Crippen LogP contribution in [-0.2, 0) is 17.6 Å². The predicted molar refractivity (Wildman–Crippen MR) is 120 cm³/mol. The van der Waals surface area contributed by atoms with Crippen molar-refractivity contribution in [3.63, 3.8) is 0 Å². The molecule has 1 aromatic heterocycles. The fourth-order valence-electron chi connectivity index (χ4n) is 4.16. The lowest BCUT2D eigenvalue weighted by Gasteiger charge is -2.29. The number of fused-ring (bicyclic) bond motifs is 2. The van der Waals surface area contributed by atoms with Crippen molar-refractivity contribution in [2.24, 2.45) is 0 Å². The molecule has 152 valence electrons. The molecule has 7 heteroatoms. The van der Waals surface area contributed by atoms with E-state index in [-0.39, 0.29) is 6.09 Å². The Labute approximate surface area is 189 Å². The molecule has 2 aromatic rings. The fraction of sp³-hybridized carbons (Fsp3) is 0.364. The number of rotatable bonds is 1. The van der Waals surface area contributed by atoms with Crippen LogP contribution in [0.25, 0.3) is 5.57 Å². The Morgan fingerprint density at radius 1 is 1.14 bits per heavy atom. The van der Waals surface area contributed by atoms with Crippen LogP contribution in [0.4, 0.5) is 4.79 Å². The second kappa shape index (κ2) is 8.66. The van der Waals surface area contributed by atoms with Crippen molar-refractivity contribution in [1.29, 1.82) is 0 Å². The summed E-state index contributed by atoms with van der Waals surface area (Å²) in [4.78, 5) is 18.6. The summed E-state index contributed by atoms with van der Waals surface area (Å²) in [5.74, 6) is 0. The second-order valence-electron chi connectivity index (χ2n) is 7.25. The van der Waals surface area contributed by atoms with Crippen molar-refractivity contribution >= 4 is 50.8 Å². The van der Waals surface area contributed by atoms with Crippen LogP contribution in [0, 0.1) is 0 Å². The predicted octanol–water partition coefficient (Wildman–Crippen LogP) is 6.30. The van der Waals surface area contributed by atoms with Gasteiger partial charge in [0.25, 0.3) is 0 Å². The van der Waals surface area contributed by atoms with Gasteiger partial charge in [-0.2, -0.15) is 0 Å². The summed E-state index contributed by atoms with van der Waals surface area (Å²) in [5.41, 5.74) is 6.73. The number of carbonyl (C=O) groups is 1. The quantitative estimate of drug-likeness (QED) is 0.465. The standard InChI is InChI=1S/C22H21BrCl2N2O2/c1-2-29-22(28)27-7-5-13(6-8-27)20-19-14(10-17(24)11-18(19)25)3-4-15-9-16(23)12-26-21(15)20/h9-12H,2-8H2,1H3. The molecule has 0 spiro atoms. The molecule has 4 rings (SSSR count). The van der Waals surface area contributed by atoms with Crippen LogP contribution in [-0.4, -0.2) is 35.7 Å². The summed E-state index contributed by atoms with van der Waals surface area (Å²) in [6, 6.07) is 5.95. The molecule has 0 radical (unpaired) electrons. The molecule has 2 heterocycles. The monoisotopic (exact) mass is 494 g/mol. The minimum Gasteiger partial charge on any atom is -0.450 e. The average Bonchev–Trinajstić information content (AvgIpc) is 2.85. The number of halogens is 3. The minimum atomic E-state index is -0.245. The summed E-state index contributed by atoms with van der Waals surface area (Å²) in [6.07, 6.45) is 4.85. The van der Waals surface area contributed by atoms with Gasteiger partial charge in [0.2, 0.25) is 0 Å². The summed E-state index contributed by atoms with van der Waals surface area (Å²) in [7, 11) is 0. The van der Waals surface area contributed by atoms with E-state index in [0.29, 0.717) is 29.7 Å². The van der Waals surface area contributed by atoms with Gasteiger partial charge in [-0.1, -0.05) is 28.8 Å². The average molecular weight is 496 g/mol. The summed E-state index contributed by atoms with van der Waals surface area (Å²) in [6.45, 7) is 3.47. The Kier molecular flexibility index (Phi) is 6.19. The Bertz CT molecular complexity index is 997. The normalized spacial score (nSPS) is 16.2. The third-order valence-electron chi connectivity index (χ3n) is 5.47. The first-order valence-corrected chi connectivity index (χ1v) is 11.3. The third kappa shape index (κ3) is 4.18. The van der Waals surface area contributed by atoms with Gasteiger partial charge in [-0.05, 0) is 77.9 Å². The first-order chi connectivity index (χ1) is 14.0. The van der Waals surface area contributed by atoms with Gasteiger partial charge in [-0.15, -0.1) is 0 Å². The highest BCUT2D eigenvalue weighted by molar-refractivity contribution is 9.10. The Morgan fingerprint density at radius 3 is 2.59 bits per heavy atom. The maximum absolute atomic E-state index is 12.1. The highest BCUT2D eigenvalue weighted by atomic mass is 79.9. The summed E-state index contributed by atoms with van der Waals surface area (Å²) < 4.78 is 6.12. The molecule has 4 nitrogen and oxygen atoms in total. The van der Waals surface area contributed by atoms with Gasteiger partial charge in [0, 0.05) is 39.9 Å². The number of amides is 1. The number of nitrogens with zero attached hydrogens (tertiary/aromatic N) is 2. The number of hydrogen-bond acceptors (Lipinski definition) is 3. The summed E-state index contributed by atoms with van der Waals surface area (Å²) >= 11 is 16.6. The van der Waals surface area contributed by atoms with E-state index < -0.39 is 0 Å². The zero-order chi connectivity index (χ0) is 20.5. The zero-order valence-electron chi connectivity index (χ0n) is 16.1. The van der Waals surface area contributed by atoms with Crippen molar-refractivity contribution in [1.82, 2.24) is 9.88 Å². The van der Waals surface area contributed by atoms with E-state index in [0.717, 1.165) is 52.5 Å². The number of piperidine rings is 1. The van der Waals surface area contributed by atoms with Crippen molar-refractivity contribution in [2.45, 2.75) is 32.6 Å². The highest BCUT2D eigenvalue weighted by Crippen LogP contribution is 2.42. The largest absolute Gasteiger partial charge is 0.450 e. The lowest BCUT2D eigenvalue weighted by atomic mass is 9.88. The van der Waals surface area contributed by atoms with Crippen molar-refractivity contribution in [3.8, 4) is 0 Å². The molecule has 1 amide bonds. The SMILES string of the molecule is CCOC(=O)N1CCC(=C2c3ncc(Br)cc3CCc3cc(Cl)cc(Cl)c32)CC1. The van der Waals surface area contributed by atoms with Gasteiger partial charge in [-0.25, -0.2) is 4.79 Å². The lowest BCUT2D eigenvalue weighted by molar-refractivity contribution is 0.104. The van der Waals surface area contributed by atoms with E-state index >= 15 is 0 Å². The Balaban J connectivity index is 1.82. The zero-order valence-corrected chi connectivity index (χ0v) is 19.2. The van der Waals surface area contributed by atoms with Gasteiger partial charge in [0.1, 0.15) is 0 Å². The minimum absolute atomic E-state index is 0.245. The van der Waals surface area contributed by atoms with Gasteiger partial charge in [0.05, 0.1) is 17.3 Å². The molecule has 29 heavy (non-hydrogen) atoms. The van der Waals surface area contributed by atoms with E-state index in [1.807, 2.05) is 19.2 Å². The van der Waals surface area contributed by atoms with Gasteiger partial charge >= 0.3 is 6.09 Å². The van der Waals surface area contributed by atoms with Crippen molar-refractivity contribution in [2.75, 3.05) is 19.7 Å². The van der Waals surface area contributed by atoms with E-state index in [9.17, 15) is 4.79 Å². The van der Waals surface area contributed by atoms with Crippen molar-refractivity contribution < 1.29 is 9.53 Å². The van der Waals surface area contributed by atoms with Gasteiger partial charge in [0.15, 0.2) is 0 Å². The molecule has 1 aliphatic heterocycles. The number of carbonyl (C=O) groups excluding carboxylic acids is 1. The number of benzene rings is 1. The molecule has 0 unspecified atom stereocenters. The number of aromatic nitrogens is 1. The van der Waals surface area contributed by atoms with E-state index in [4.69, 9.17) is 32.9 Å². The van der Waals surface area contributed by atoms with Crippen LogP contribution in [0.15, 0.2) is 34.4 Å². The Morgan fingerprint density at radius 2 is 1.86 bits per heavy atom. The van der Waals surface area contributed by atoms with E-state index in [2.05, 4.69) is 22.0 Å². The lowest BCUT2D eigenvalue weighted by Crippen LogP contribution is -2.37. The van der Waals surface area contributed by atoms with Crippen LogP contribution in [0.2, 0.25) is 10.0 Å². The van der Waals surface area contributed by atoms with Crippen LogP contribution in [0.5, 0.6) is 0 Å². The maximum Gasteiger partial charge on any atom is 0.409 e. The van der Waals surface area contributed by atoms with Crippen LogP contribution < -0.4 is 0 Å². The first kappa shape index (κ1) is 20.7. The Hall–Kier alpha value is -1.56. The van der Waals surface area contributed by atoms with Crippen LogP contribution >= 0.6 is 39.1 Å². The molecule has 0 N–H and O–H groups in total. The smallest absolute Gasteiger partial charge is 0.409 e. The number of pyridine rings is 1. The molecule has 1 fully saturated rings.